The number of amides is 3. The Morgan fingerprint density at radius 1 is 1.07 bits per heavy atom. The Bertz CT molecular complexity index is 1200. The van der Waals surface area contributed by atoms with E-state index in [-0.39, 0.29) is 24.7 Å². The highest BCUT2D eigenvalue weighted by molar-refractivity contribution is 6.30. The van der Waals surface area contributed by atoms with E-state index in [2.05, 4.69) is 16.0 Å². The van der Waals surface area contributed by atoms with E-state index in [0.29, 0.717) is 18.0 Å². The van der Waals surface area contributed by atoms with Crippen LogP contribution in [-0.2, 0) is 24.5 Å². The van der Waals surface area contributed by atoms with Gasteiger partial charge in [0, 0.05) is 22.9 Å². The van der Waals surface area contributed by atoms with Crippen molar-refractivity contribution < 1.29 is 29.0 Å². The number of aliphatic carboxylic acids is 1. The maximum atomic E-state index is 13.3. The van der Waals surface area contributed by atoms with Crippen LogP contribution in [0.5, 0.6) is 0 Å². The minimum Gasteiger partial charge on any atom is -0.480 e. The molecule has 1 aliphatic heterocycles. The summed E-state index contributed by atoms with van der Waals surface area (Å²) in [5.74, 6) is -2.61. The number of halogens is 1. The second kappa shape index (κ2) is 13.7. The average Bonchev–Trinajstić information content (AvgIpc) is 3.30. The van der Waals surface area contributed by atoms with Crippen molar-refractivity contribution in [2.24, 2.45) is 11.8 Å². The Morgan fingerprint density at radius 2 is 1.77 bits per heavy atom. The van der Waals surface area contributed by atoms with Crippen LogP contribution in [-0.4, -0.2) is 47.6 Å². The lowest BCUT2D eigenvalue weighted by Gasteiger charge is -2.35. The van der Waals surface area contributed by atoms with Crippen LogP contribution in [0.15, 0.2) is 54.6 Å². The molecule has 216 valence electrons. The van der Waals surface area contributed by atoms with Gasteiger partial charge in [-0.15, -0.1) is 0 Å². The lowest BCUT2D eigenvalue weighted by Crippen LogP contribution is -2.53. The minimum atomic E-state index is -1.27. The number of carbonyl (C=O) groups is 4. The maximum Gasteiger partial charge on any atom is 0.408 e. The molecule has 1 aliphatic rings. The molecular formula is C30H38ClN3O6. The first kappa shape index (κ1) is 30.9. The first-order chi connectivity index (χ1) is 18.9. The molecule has 10 heteroatoms. The summed E-state index contributed by atoms with van der Waals surface area (Å²) in [6, 6.07) is 14.3. The second-order valence-electron chi connectivity index (χ2n) is 11.2. The highest BCUT2D eigenvalue weighted by Gasteiger charge is 2.38. The van der Waals surface area contributed by atoms with Gasteiger partial charge in [0.05, 0.1) is 0 Å². The fourth-order valence-electron chi connectivity index (χ4n) is 4.93. The molecule has 4 N–H and O–H groups in total. The standard InChI is InChI=1S/C30H38ClN3O6/c1-18(2)15-23(27(36)33-24(28(37)38)16-20-13-14-32-26(20)35)34-29(39)40-25(19-9-6-5-7-10-19)30(3,4)21-11-8-12-22(31)17-21/h5-12,17-18,20,23-25H,13-16H2,1-4H3,(H,32,35)(H,33,36)(H,34,39)(H,37,38)/t20-,23-,24-,25?/m0/s1. The van der Waals surface area contributed by atoms with E-state index in [4.69, 9.17) is 16.3 Å². The highest BCUT2D eigenvalue weighted by atomic mass is 35.5. The zero-order valence-corrected chi connectivity index (χ0v) is 24.0. The Kier molecular flexibility index (Phi) is 10.6. The van der Waals surface area contributed by atoms with Gasteiger partial charge in [-0.2, -0.15) is 0 Å². The van der Waals surface area contributed by atoms with Crippen molar-refractivity contribution >= 4 is 35.5 Å². The summed E-state index contributed by atoms with van der Waals surface area (Å²) in [6.45, 7) is 8.14. The molecule has 2 aromatic carbocycles. The lowest BCUT2D eigenvalue weighted by molar-refractivity contribution is -0.143. The van der Waals surface area contributed by atoms with Crippen LogP contribution in [0, 0.1) is 11.8 Å². The van der Waals surface area contributed by atoms with Crippen LogP contribution in [0.3, 0.4) is 0 Å². The molecule has 1 unspecified atom stereocenters. The number of alkyl carbamates (subject to hydrolysis) is 1. The third-order valence-electron chi connectivity index (χ3n) is 7.16. The normalized spacial score (nSPS) is 17.4. The van der Waals surface area contributed by atoms with Crippen LogP contribution < -0.4 is 16.0 Å². The molecule has 0 radical (unpaired) electrons. The topological polar surface area (TPSA) is 134 Å². The Hall–Kier alpha value is -3.59. The van der Waals surface area contributed by atoms with Gasteiger partial charge >= 0.3 is 12.1 Å². The zero-order valence-electron chi connectivity index (χ0n) is 23.3. The van der Waals surface area contributed by atoms with Crippen molar-refractivity contribution in [2.75, 3.05) is 6.54 Å². The number of nitrogens with one attached hydrogen (secondary N) is 3. The van der Waals surface area contributed by atoms with Gasteiger partial charge in [0.15, 0.2) is 0 Å². The zero-order chi connectivity index (χ0) is 29.4. The summed E-state index contributed by atoms with van der Waals surface area (Å²) in [5, 5.41) is 18.1. The second-order valence-corrected chi connectivity index (χ2v) is 11.6. The molecule has 2 aromatic rings. The van der Waals surface area contributed by atoms with Gasteiger partial charge in [-0.1, -0.05) is 81.8 Å². The van der Waals surface area contributed by atoms with Crippen molar-refractivity contribution in [3.63, 3.8) is 0 Å². The van der Waals surface area contributed by atoms with Gasteiger partial charge in [0.25, 0.3) is 0 Å². The number of ether oxygens (including phenoxy) is 1. The molecular weight excluding hydrogens is 534 g/mol. The summed E-state index contributed by atoms with van der Waals surface area (Å²) in [4.78, 5) is 50.4. The quantitative estimate of drug-likeness (QED) is 0.294. The van der Waals surface area contributed by atoms with Gasteiger partial charge in [-0.25, -0.2) is 9.59 Å². The predicted octanol–water partition coefficient (Wildman–Crippen LogP) is 4.60. The molecule has 0 aromatic heterocycles. The number of carboxylic acids is 1. The van der Waals surface area contributed by atoms with E-state index in [9.17, 15) is 24.3 Å². The number of benzene rings is 2. The van der Waals surface area contributed by atoms with Crippen LogP contribution >= 0.6 is 11.6 Å². The summed E-state index contributed by atoms with van der Waals surface area (Å²) < 4.78 is 5.99. The molecule has 3 amide bonds. The van der Waals surface area contributed by atoms with Gasteiger partial charge < -0.3 is 25.8 Å². The monoisotopic (exact) mass is 571 g/mol. The average molecular weight is 572 g/mol. The molecule has 1 fully saturated rings. The Balaban J connectivity index is 1.79. The van der Waals surface area contributed by atoms with Gasteiger partial charge in [0.2, 0.25) is 11.8 Å². The Morgan fingerprint density at radius 3 is 2.35 bits per heavy atom. The number of hydrogen-bond donors (Lipinski definition) is 4. The molecule has 9 nitrogen and oxygen atoms in total. The van der Waals surface area contributed by atoms with Crippen LogP contribution in [0.25, 0.3) is 0 Å². The molecule has 0 aliphatic carbocycles. The van der Waals surface area contributed by atoms with Crippen LogP contribution in [0.2, 0.25) is 5.02 Å². The fraction of sp³-hybridized carbons (Fsp3) is 0.467. The largest absolute Gasteiger partial charge is 0.480 e. The van der Waals surface area contributed by atoms with E-state index in [1.165, 1.54) is 0 Å². The molecule has 4 atom stereocenters. The molecule has 1 saturated heterocycles. The molecule has 0 bridgehead atoms. The van der Waals surface area contributed by atoms with E-state index in [1.807, 2.05) is 76.2 Å². The van der Waals surface area contributed by atoms with E-state index in [0.717, 1.165) is 11.1 Å². The molecule has 3 rings (SSSR count). The summed E-state index contributed by atoms with van der Waals surface area (Å²) >= 11 is 6.26. The fourth-order valence-corrected chi connectivity index (χ4v) is 5.13. The van der Waals surface area contributed by atoms with Crippen molar-refractivity contribution in [3.8, 4) is 0 Å². The maximum absolute atomic E-state index is 13.3. The van der Waals surface area contributed by atoms with Crippen molar-refractivity contribution in [1.29, 1.82) is 0 Å². The molecule has 1 heterocycles. The van der Waals surface area contributed by atoms with Gasteiger partial charge in [-0.3, -0.25) is 9.59 Å². The third kappa shape index (κ3) is 8.21. The number of carbonyl (C=O) groups excluding carboxylic acids is 3. The molecule has 0 saturated carbocycles. The number of carboxylic acid groups (broad SMARTS) is 1. The van der Waals surface area contributed by atoms with Crippen molar-refractivity contribution in [1.82, 2.24) is 16.0 Å². The first-order valence-electron chi connectivity index (χ1n) is 13.5. The van der Waals surface area contributed by atoms with Crippen LogP contribution in [0.4, 0.5) is 4.79 Å². The van der Waals surface area contributed by atoms with E-state index in [1.54, 1.807) is 6.07 Å². The number of rotatable bonds is 12. The van der Waals surface area contributed by atoms with Gasteiger partial charge in [-0.05, 0) is 48.4 Å². The predicted molar refractivity (Wildman–Crippen MR) is 152 cm³/mol. The smallest absolute Gasteiger partial charge is 0.408 e. The van der Waals surface area contributed by atoms with Crippen molar-refractivity contribution in [2.45, 2.75) is 70.6 Å². The van der Waals surface area contributed by atoms with E-state index < -0.39 is 47.5 Å². The minimum absolute atomic E-state index is 0.00719. The first-order valence-corrected chi connectivity index (χ1v) is 13.8. The third-order valence-corrected chi connectivity index (χ3v) is 7.40. The summed E-state index contributed by atoms with van der Waals surface area (Å²) in [6.07, 6.45) is -0.822. The number of hydrogen-bond acceptors (Lipinski definition) is 5. The van der Waals surface area contributed by atoms with Crippen molar-refractivity contribution in [3.05, 3.63) is 70.7 Å². The molecule has 40 heavy (non-hydrogen) atoms. The summed E-state index contributed by atoms with van der Waals surface area (Å²) in [7, 11) is 0. The SMILES string of the molecule is CC(C)C[C@H](NC(=O)OC(c1ccccc1)C(C)(C)c1cccc(Cl)c1)C(=O)N[C@@H](C[C@@H]1CCNC1=O)C(=O)O. The summed E-state index contributed by atoms with van der Waals surface area (Å²) in [5.41, 5.74) is 0.919. The van der Waals surface area contributed by atoms with E-state index >= 15 is 0 Å². The lowest BCUT2D eigenvalue weighted by atomic mass is 9.76. The highest BCUT2D eigenvalue weighted by Crippen LogP contribution is 2.40. The van der Waals surface area contributed by atoms with Crippen LogP contribution in [0.1, 0.15) is 64.2 Å². The molecule has 0 spiro atoms. The van der Waals surface area contributed by atoms with Gasteiger partial charge in [0.1, 0.15) is 18.2 Å². The Labute approximate surface area is 240 Å².